The van der Waals surface area contributed by atoms with Crippen LogP contribution in [0.2, 0.25) is 0 Å². The molecule has 0 bridgehead atoms. The smallest absolute Gasteiger partial charge is 0.547 e. The van der Waals surface area contributed by atoms with E-state index in [9.17, 15) is 40.2 Å². The molecule has 10 atom stereocenters. The van der Waals surface area contributed by atoms with E-state index in [-0.39, 0.29) is 72.3 Å². The zero-order valence-corrected chi connectivity index (χ0v) is 23.1. The minimum absolute atomic E-state index is 0. The summed E-state index contributed by atoms with van der Waals surface area (Å²) in [5.74, 6) is -5.56. The van der Waals surface area contributed by atoms with Crippen molar-refractivity contribution < 1.29 is 123 Å². The first-order valence-electron chi connectivity index (χ1n) is 9.64. The van der Waals surface area contributed by atoms with Crippen LogP contribution in [0.4, 0.5) is 0 Å². The molecule has 2 heterocycles. The van der Waals surface area contributed by atoms with Gasteiger partial charge >= 0.3 is 59.1 Å². The van der Waals surface area contributed by atoms with Gasteiger partial charge in [0.1, 0.15) is 36.6 Å². The Kier molecular flexibility index (Phi) is 15.9. The second-order valence-electron chi connectivity index (χ2n) is 7.57. The van der Waals surface area contributed by atoms with Crippen LogP contribution in [0, 0.1) is 11.8 Å². The van der Waals surface area contributed by atoms with Gasteiger partial charge in [-0.15, -0.1) is 0 Å². The first-order valence-corrected chi connectivity index (χ1v) is 9.64. The molecule has 0 aromatic rings. The summed E-state index contributed by atoms with van der Waals surface area (Å²) in [5.41, 5.74) is 0. The number of methoxy groups -OCH3 is 2. The van der Waals surface area contributed by atoms with Crippen molar-refractivity contribution in [3.8, 4) is 0 Å². The van der Waals surface area contributed by atoms with Gasteiger partial charge < -0.3 is 63.9 Å². The molecule has 4 unspecified atom stereocenters. The number of ether oxygens (including phenoxy) is 5. The van der Waals surface area contributed by atoms with Crippen LogP contribution in [0.25, 0.3) is 0 Å². The quantitative estimate of drug-likeness (QED) is 0.207. The van der Waals surface area contributed by atoms with Crippen LogP contribution in [-0.4, -0.2) is 122 Å². The summed E-state index contributed by atoms with van der Waals surface area (Å²) in [4.78, 5) is 22.8. The van der Waals surface area contributed by atoms with Gasteiger partial charge in [0.2, 0.25) is 0 Å². The largest absolute Gasteiger partial charge is 1.00 e. The van der Waals surface area contributed by atoms with Crippen LogP contribution in [-0.2, 0) is 33.3 Å². The molecule has 4 N–H and O–H groups in total. The third kappa shape index (κ3) is 8.30. The molecule has 0 spiro atoms. The second kappa shape index (κ2) is 15.6. The molecule has 2 rings (SSSR count). The number of rotatable bonds is 10. The van der Waals surface area contributed by atoms with Crippen molar-refractivity contribution in [1.82, 2.24) is 0 Å². The molecule has 0 radical (unpaired) electrons. The van der Waals surface area contributed by atoms with E-state index >= 15 is 0 Å². The number of aliphatic hydroxyl groups excluding tert-OH is 4. The molecule has 0 aromatic heterocycles. The van der Waals surface area contributed by atoms with Crippen LogP contribution in [0.3, 0.4) is 0 Å². The molecule has 33 heavy (non-hydrogen) atoms. The van der Waals surface area contributed by atoms with E-state index in [1.165, 1.54) is 14.2 Å². The average molecular weight is 498 g/mol. The second-order valence-corrected chi connectivity index (χ2v) is 7.57. The number of aliphatic carboxylic acids is 2. The maximum Gasteiger partial charge on any atom is 1.00 e. The summed E-state index contributed by atoms with van der Waals surface area (Å²) in [6.07, 6.45) is -11.6. The predicted octanol–water partition coefficient (Wildman–Crippen LogP) is -12.0. The summed E-state index contributed by atoms with van der Waals surface area (Å²) in [7, 11) is 2.60. The fourth-order valence-electron chi connectivity index (χ4n) is 3.83. The number of carbonyl (C=O) groups is 2. The van der Waals surface area contributed by atoms with E-state index in [2.05, 4.69) is 0 Å². The molecule has 2 saturated heterocycles. The van der Waals surface area contributed by atoms with Gasteiger partial charge in [-0.05, 0) is 0 Å². The fraction of sp³-hybridized carbons (Fsp3) is 0.889. The maximum atomic E-state index is 11.4. The Bertz CT molecular complexity index is 612. The van der Waals surface area contributed by atoms with E-state index in [0.29, 0.717) is 0 Å². The monoisotopic (exact) mass is 498 g/mol. The van der Waals surface area contributed by atoms with Gasteiger partial charge in [0, 0.05) is 26.1 Å². The molecule has 0 aliphatic carbocycles. The Morgan fingerprint density at radius 3 is 1.48 bits per heavy atom. The van der Waals surface area contributed by atoms with Gasteiger partial charge in [-0.1, -0.05) is 0 Å². The van der Waals surface area contributed by atoms with Crippen LogP contribution in [0.15, 0.2) is 0 Å². The first-order chi connectivity index (χ1) is 14.6. The molecule has 15 heteroatoms. The van der Waals surface area contributed by atoms with Gasteiger partial charge in [-0.3, -0.25) is 0 Å². The fourth-order valence-corrected chi connectivity index (χ4v) is 3.83. The molecule has 13 nitrogen and oxygen atoms in total. The van der Waals surface area contributed by atoms with Crippen molar-refractivity contribution in [2.45, 2.75) is 48.8 Å². The Labute approximate surface area is 234 Å². The number of carboxylic acids is 2. The van der Waals surface area contributed by atoms with Crippen molar-refractivity contribution in [1.29, 1.82) is 0 Å². The number of hydrogen-bond acceptors (Lipinski definition) is 13. The third-order valence-electron chi connectivity index (χ3n) is 5.51. The zero-order chi connectivity index (χ0) is 23.3. The van der Waals surface area contributed by atoms with Gasteiger partial charge in [0.05, 0.1) is 50.6 Å². The third-order valence-corrected chi connectivity index (χ3v) is 5.51. The van der Waals surface area contributed by atoms with Crippen molar-refractivity contribution in [2.75, 3.05) is 40.6 Å². The number of aliphatic hydroxyl groups is 4. The van der Waals surface area contributed by atoms with E-state index in [1.807, 2.05) is 0 Å². The molecule has 2 fully saturated rings. The van der Waals surface area contributed by atoms with Crippen LogP contribution >= 0.6 is 0 Å². The van der Waals surface area contributed by atoms with Crippen molar-refractivity contribution >= 4 is 11.9 Å². The van der Waals surface area contributed by atoms with Gasteiger partial charge in [-0.2, -0.15) is 0 Å². The van der Waals surface area contributed by atoms with Gasteiger partial charge in [-0.25, -0.2) is 0 Å². The number of hydrogen-bond donors (Lipinski definition) is 4. The van der Waals surface area contributed by atoms with Crippen molar-refractivity contribution in [2.24, 2.45) is 11.8 Å². The molecule has 2 aliphatic rings. The van der Waals surface area contributed by atoms with E-state index in [1.54, 1.807) is 0 Å². The van der Waals surface area contributed by atoms with Crippen molar-refractivity contribution in [3.63, 3.8) is 0 Å². The first kappa shape index (κ1) is 33.6. The Morgan fingerprint density at radius 1 is 0.697 bits per heavy atom. The summed E-state index contributed by atoms with van der Waals surface area (Å²) in [5, 5.41) is 63.7. The molecule has 2 aliphatic heterocycles. The van der Waals surface area contributed by atoms with Crippen LogP contribution in [0.1, 0.15) is 0 Å². The zero-order valence-electron chi connectivity index (χ0n) is 19.1. The maximum absolute atomic E-state index is 11.4. The Morgan fingerprint density at radius 2 is 1.09 bits per heavy atom. The van der Waals surface area contributed by atoms with Crippen molar-refractivity contribution in [3.05, 3.63) is 0 Å². The number of carboxylic acid groups (broad SMARTS) is 2. The molecule has 0 saturated carbocycles. The number of carbonyl (C=O) groups excluding carboxylic acids is 2. The molecular weight excluding hydrogens is 470 g/mol. The normalized spacial score (nSPS) is 38.6. The van der Waals surface area contributed by atoms with E-state index in [0.717, 1.165) is 0 Å². The minimum atomic E-state index is -1.63. The topological polar surface area (TPSA) is 207 Å². The van der Waals surface area contributed by atoms with Crippen LogP contribution < -0.4 is 69.3 Å². The average Bonchev–Trinajstić information content (AvgIpc) is 2.71. The Hall–Kier alpha value is 0.580. The summed E-state index contributed by atoms with van der Waals surface area (Å²) < 4.78 is 25.6. The molecule has 0 aromatic carbocycles. The predicted molar refractivity (Wildman–Crippen MR) is 92.9 cm³/mol. The SMILES string of the molecule is COC[C@@H]1O[C@@H](C(=O)[O-])[C@@H](COC[C@@H]2OC(C(=O)[O-])[C@@H](COC)[C@@H](O)C2O)C(O)C1O.[Na+].[Na+]. The summed E-state index contributed by atoms with van der Waals surface area (Å²) in [6.45, 7) is -1.29. The molecular formula is C18H28Na2O13. The standard InChI is InChI=1S/C18H30O13.2Na/c1-27-3-7-11(19)14(22)10(31-15(7)17(23)24)6-29-4-8-12(20)13(21)9(5-28-2)30-16(8)18(25)26;;/h7-16,19-22H,3-6H2,1-2H3,(H,23,24)(H,25,26);;/q;2*+1/p-2/t7-,8-,9-,10-,11+,12?,13?,14?,15?,16+;;/m0../s1. The van der Waals surface area contributed by atoms with Gasteiger partial charge in [0.15, 0.2) is 0 Å². The summed E-state index contributed by atoms with van der Waals surface area (Å²) >= 11 is 0. The van der Waals surface area contributed by atoms with Crippen LogP contribution in [0.5, 0.6) is 0 Å². The summed E-state index contributed by atoms with van der Waals surface area (Å²) in [6, 6.07) is 0. The van der Waals surface area contributed by atoms with Gasteiger partial charge in [0.25, 0.3) is 0 Å². The minimum Gasteiger partial charge on any atom is -0.547 e. The molecule has 180 valence electrons. The van der Waals surface area contributed by atoms with E-state index in [4.69, 9.17) is 23.7 Å². The van der Waals surface area contributed by atoms with E-state index < -0.39 is 85.8 Å². The molecule has 0 amide bonds. The Balaban J connectivity index is 0.00000512.